The second-order valence-corrected chi connectivity index (χ2v) is 5.48. The molecule has 0 amide bonds. The van der Waals surface area contributed by atoms with Crippen LogP contribution in [0.5, 0.6) is 0 Å². The lowest BCUT2D eigenvalue weighted by Gasteiger charge is -2.13. The van der Waals surface area contributed by atoms with Crippen LogP contribution in [-0.4, -0.2) is 9.97 Å². The molecule has 110 valence electrons. The number of aromatic nitrogens is 2. The molecule has 21 heavy (non-hydrogen) atoms. The van der Waals surface area contributed by atoms with E-state index in [0.29, 0.717) is 23.2 Å². The highest BCUT2D eigenvalue weighted by atomic mass is 35.5. The average molecular weight is 308 g/mol. The van der Waals surface area contributed by atoms with Crippen LogP contribution >= 0.6 is 11.6 Å². The topological polar surface area (TPSA) is 75.9 Å². The molecule has 0 spiro atoms. The first-order chi connectivity index (χ1) is 10.1. The molecule has 1 heterocycles. The van der Waals surface area contributed by atoms with Gasteiger partial charge in [-0.1, -0.05) is 11.6 Å². The molecular weight excluding hydrogens is 293 g/mol. The number of benzene rings is 1. The van der Waals surface area contributed by atoms with Gasteiger partial charge in [-0.3, -0.25) is 0 Å². The Morgan fingerprint density at radius 1 is 1.29 bits per heavy atom. The summed E-state index contributed by atoms with van der Waals surface area (Å²) in [6.45, 7) is 1.85. The van der Waals surface area contributed by atoms with Gasteiger partial charge in [0.1, 0.15) is 23.3 Å². The van der Waals surface area contributed by atoms with E-state index in [-0.39, 0.29) is 5.02 Å². The first kappa shape index (κ1) is 14.0. The van der Waals surface area contributed by atoms with Crippen LogP contribution < -0.4 is 16.6 Å². The molecule has 0 saturated heterocycles. The van der Waals surface area contributed by atoms with Crippen LogP contribution in [0.1, 0.15) is 30.1 Å². The molecule has 7 heteroatoms. The number of anilines is 3. The van der Waals surface area contributed by atoms with E-state index in [1.807, 2.05) is 6.92 Å². The van der Waals surface area contributed by atoms with Gasteiger partial charge in [0.2, 0.25) is 0 Å². The van der Waals surface area contributed by atoms with Gasteiger partial charge in [0.15, 0.2) is 0 Å². The summed E-state index contributed by atoms with van der Waals surface area (Å²) < 4.78 is 13.5. The van der Waals surface area contributed by atoms with E-state index in [1.165, 1.54) is 12.1 Å². The summed E-state index contributed by atoms with van der Waals surface area (Å²) >= 11 is 5.68. The quantitative estimate of drug-likeness (QED) is 0.595. The lowest BCUT2D eigenvalue weighted by atomic mass is 10.2. The number of hydrogen-bond donors (Lipinski definition) is 3. The molecule has 0 bridgehead atoms. The van der Waals surface area contributed by atoms with E-state index in [0.717, 1.165) is 24.2 Å². The van der Waals surface area contributed by atoms with Crippen molar-refractivity contribution in [2.45, 2.75) is 25.7 Å². The van der Waals surface area contributed by atoms with Crippen molar-refractivity contribution in [1.29, 1.82) is 0 Å². The zero-order valence-corrected chi connectivity index (χ0v) is 12.2. The number of nitrogens with zero attached hydrogens (tertiary/aromatic N) is 2. The molecule has 0 atom stereocenters. The summed E-state index contributed by atoms with van der Waals surface area (Å²) in [5, 5.41) is 3.18. The van der Waals surface area contributed by atoms with Crippen molar-refractivity contribution >= 4 is 28.9 Å². The average Bonchev–Trinajstić information content (AvgIpc) is 3.29. The SMILES string of the molecule is Cc1c(NN)nc(C2CC2)nc1Nc1ccc(Cl)c(F)c1. The third kappa shape index (κ3) is 2.91. The Labute approximate surface area is 126 Å². The number of hydrazine groups is 1. The highest BCUT2D eigenvalue weighted by molar-refractivity contribution is 6.30. The fraction of sp³-hybridized carbons (Fsp3) is 0.286. The minimum atomic E-state index is -0.479. The number of nitrogen functional groups attached to an aromatic ring is 1. The van der Waals surface area contributed by atoms with Gasteiger partial charge in [0, 0.05) is 17.2 Å². The lowest BCUT2D eigenvalue weighted by molar-refractivity contribution is 0.629. The molecule has 1 fully saturated rings. The minimum Gasteiger partial charge on any atom is -0.340 e. The second kappa shape index (κ2) is 5.46. The van der Waals surface area contributed by atoms with Crippen LogP contribution in [0, 0.1) is 12.7 Å². The Hall–Kier alpha value is -1.92. The van der Waals surface area contributed by atoms with Crippen LogP contribution in [0.15, 0.2) is 18.2 Å². The maximum Gasteiger partial charge on any atom is 0.148 e. The number of halogens is 2. The Kier molecular flexibility index (Phi) is 3.65. The summed E-state index contributed by atoms with van der Waals surface area (Å²) in [5.74, 6) is 7.35. The van der Waals surface area contributed by atoms with E-state index in [2.05, 4.69) is 20.7 Å². The lowest BCUT2D eigenvalue weighted by Crippen LogP contribution is -2.13. The van der Waals surface area contributed by atoms with E-state index in [4.69, 9.17) is 17.4 Å². The van der Waals surface area contributed by atoms with E-state index < -0.39 is 5.82 Å². The Balaban J connectivity index is 1.96. The number of nitrogens with one attached hydrogen (secondary N) is 2. The van der Waals surface area contributed by atoms with Crippen molar-refractivity contribution in [1.82, 2.24) is 9.97 Å². The van der Waals surface area contributed by atoms with Gasteiger partial charge in [-0.05, 0) is 38.0 Å². The fourth-order valence-corrected chi connectivity index (χ4v) is 2.15. The molecule has 1 aliphatic rings. The zero-order chi connectivity index (χ0) is 15.0. The molecule has 0 radical (unpaired) electrons. The van der Waals surface area contributed by atoms with Gasteiger partial charge >= 0.3 is 0 Å². The van der Waals surface area contributed by atoms with Crippen LogP contribution in [0.2, 0.25) is 5.02 Å². The second-order valence-electron chi connectivity index (χ2n) is 5.08. The Morgan fingerprint density at radius 3 is 2.62 bits per heavy atom. The molecule has 0 aliphatic heterocycles. The standard InChI is InChI=1S/C14H15ClFN5/c1-7-12(18-9-4-5-10(15)11(16)6-9)19-14(8-2-3-8)20-13(7)21-17/h4-6,8H,2-3,17H2,1H3,(H2,18,19,20,21). The maximum atomic E-state index is 13.5. The first-order valence-corrected chi connectivity index (χ1v) is 7.03. The summed E-state index contributed by atoms with van der Waals surface area (Å²) in [6, 6.07) is 4.52. The molecule has 2 aromatic rings. The molecule has 1 aliphatic carbocycles. The number of nitrogens with two attached hydrogens (primary N) is 1. The van der Waals surface area contributed by atoms with Crippen molar-refractivity contribution in [3.63, 3.8) is 0 Å². The Bertz CT molecular complexity index is 687. The van der Waals surface area contributed by atoms with Crippen LogP contribution in [0.3, 0.4) is 0 Å². The molecule has 5 nitrogen and oxygen atoms in total. The molecule has 1 aromatic heterocycles. The Morgan fingerprint density at radius 2 is 2.00 bits per heavy atom. The minimum absolute atomic E-state index is 0.0861. The third-order valence-corrected chi connectivity index (χ3v) is 3.73. The molecule has 1 aromatic carbocycles. The van der Waals surface area contributed by atoms with Crippen molar-refractivity contribution in [3.8, 4) is 0 Å². The summed E-state index contributed by atoms with van der Waals surface area (Å²) in [7, 11) is 0. The van der Waals surface area contributed by atoms with Gasteiger partial charge in [-0.2, -0.15) is 0 Å². The van der Waals surface area contributed by atoms with Crippen LogP contribution in [-0.2, 0) is 0 Å². The third-order valence-electron chi connectivity index (χ3n) is 3.42. The zero-order valence-electron chi connectivity index (χ0n) is 11.5. The van der Waals surface area contributed by atoms with Crippen molar-refractivity contribution in [2.75, 3.05) is 10.7 Å². The van der Waals surface area contributed by atoms with Gasteiger partial charge in [-0.15, -0.1) is 0 Å². The van der Waals surface area contributed by atoms with Gasteiger partial charge in [0.25, 0.3) is 0 Å². The molecular formula is C14H15ClFN5. The van der Waals surface area contributed by atoms with Crippen molar-refractivity contribution < 1.29 is 4.39 Å². The molecule has 0 unspecified atom stereocenters. The van der Waals surface area contributed by atoms with Gasteiger partial charge in [-0.25, -0.2) is 20.2 Å². The van der Waals surface area contributed by atoms with Crippen LogP contribution in [0.25, 0.3) is 0 Å². The summed E-state index contributed by atoms with van der Waals surface area (Å²) in [5.41, 5.74) is 3.93. The first-order valence-electron chi connectivity index (χ1n) is 6.65. The highest BCUT2D eigenvalue weighted by Crippen LogP contribution is 2.39. The number of hydrogen-bond acceptors (Lipinski definition) is 5. The van der Waals surface area contributed by atoms with Gasteiger partial charge < -0.3 is 10.7 Å². The summed E-state index contributed by atoms with van der Waals surface area (Å²) in [6.07, 6.45) is 2.17. The fourth-order valence-electron chi connectivity index (χ4n) is 2.03. The molecule has 1 saturated carbocycles. The monoisotopic (exact) mass is 307 g/mol. The van der Waals surface area contributed by atoms with E-state index >= 15 is 0 Å². The summed E-state index contributed by atoms with van der Waals surface area (Å²) in [4.78, 5) is 8.92. The van der Waals surface area contributed by atoms with Crippen LogP contribution in [0.4, 0.5) is 21.7 Å². The maximum absolute atomic E-state index is 13.5. The smallest absolute Gasteiger partial charge is 0.148 e. The van der Waals surface area contributed by atoms with Gasteiger partial charge in [0.05, 0.1) is 5.02 Å². The van der Waals surface area contributed by atoms with E-state index in [9.17, 15) is 4.39 Å². The predicted molar refractivity (Wildman–Crippen MR) is 81.2 cm³/mol. The number of rotatable bonds is 4. The molecule has 3 rings (SSSR count). The molecule has 4 N–H and O–H groups in total. The normalized spacial score (nSPS) is 14.1. The highest BCUT2D eigenvalue weighted by Gasteiger charge is 2.28. The predicted octanol–water partition coefficient (Wildman–Crippen LogP) is 3.48. The van der Waals surface area contributed by atoms with Crippen molar-refractivity contribution in [3.05, 3.63) is 40.4 Å². The van der Waals surface area contributed by atoms with Crippen molar-refractivity contribution in [2.24, 2.45) is 5.84 Å². The van der Waals surface area contributed by atoms with E-state index in [1.54, 1.807) is 6.07 Å². The largest absolute Gasteiger partial charge is 0.340 e.